The molecule has 1 aliphatic rings. The summed E-state index contributed by atoms with van der Waals surface area (Å²) in [6, 6.07) is 3.11. The van der Waals surface area contributed by atoms with Gasteiger partial charge >= 0.3 is 0 Å². The maximum atomic E-state index is 12.7. The minimum absolute atomic E-state index is 0.0750. The molecule has 2 amide bonds. The highest BCUT2D eigenvalue weighted by Gasteiger charge is 2.31. The number of hydrogen-bond acceptors (Lipinski definition) is 6. The van der Waals surface area contributed by atoms with E-state index < -0.39 is 0 Å². The number of piperazine rings is 1. The lowest BCUT2D eigenvalue weighted by atomic mass is 10.1. The van der Waals surface area contributed by atoms with Crippen molar-refractivity contribution in [3.05, 3.63) is 48.4 Å². The number of hydrogen-bond donors (Lipinski definition) is 0. The van der Waals surface area contributed by atoms with Crippen LogP contribution in [0, 0.1) is 0 Å². The van der Waals surface area contributed by atoms with Gasteiger partial charge in [0.25, 0.3) is 11.5 Å². The molecule has 11 heteroatoms. The second-order valence-corrected chi connectivity index (χ2v) is 9.69. The number of thiophene rings is 2. The van der Waals surface area contributed by atoms with Crippen LogP contribution in [0.2, 0.25) is 9.36 Å². The van der Waals surface area contributed by atoms with E-state index in [1.807, 2.05) is 6.92 Å². The summed E-state index contributed by atoms with van der Waals surface area (Å²) in [5.74, 6) is -0.323. The van der Waals surface area contributed by atoms with Gasteiger partial charge in [0, 0.05) is 25.7 Å². The monoisotopic (exact) mass is 470 g/mol. The average Bonchev–Trinajstić information content (AvgIpc) is 3.30. The maximum Gasteiger partial charge on any atom is 0.264 e. The van der Waals surface area contributed by atoms with Crippen molar-refractivity contribution in [1.82, 2.24) is 19.4 Å². The summed E-state index contributed by atoms with van der Waals surface area (Å²) < 4.78 is 1.72. The van der Waals surface area contributed by atoms with Crippen molar-refractivity contribution in [3.63, 3.8) is 0 Å². The molecule has 4 heterocycles. The molecule has 29 heavy (non-hydrogen) atoms. The molecule has 0 bridgehead atoms. The summed E-state index contributed by atoms with van der Waals surface area (Å²) in [5, 5.41) is 2.68. The minimum atomic E-state index is -0.224. The lowest BCUT2D eigenvalue weighted by molar-refractivity contribution is -0.134. The number of halogens is 2. The largest absolute Gasteiger partial charge is 0.337 e. The van der Waals surface area contributed by atoms with Crippen molar-refractivity contribution >= 4 is 67.9 Å². The number of rotatable bonds is 3. The molecule has 0 radical (unpaired) electrons. The van der Waals surface area contributed by atoms with Crippen molar-refractivity contribution < 1.29 is 9.59 Å². The molecule has 0 spiro atoms. The molecular formula is C18H16Cl2N4O3S2. The fourth-order valence-corrected chi connectivity index (χ4v) is 5.38. The van der Waals surface area contributed by atoms with Gasteiger partial charge < -0.3 is 9.80 Å². The molecule has 0 aliphatic carbocycles. The Morgan fingerprint density at radius 1 is 1.31 bits per heavy atom. The Morgan fingerprint density at radius 2 is 2.10 bits per heavy atom. The fourth-order valence-electron chi connectivity index (χ4n) is 3.33. The standard InChI is InChI=1S/C18H16Cl2N4O3S2/c1-10-7-22(3-4-24(10)18(27)13-6-12(19)15(20)29-13)14(25)8-23-9-21-16-11(17(23)26)2-5-28-16/h2,5-6,9-10H,3-4,7-8H2,1H3. The van der Waals surface area contributed by atoms with Crippen LogP contribution in [0.4, 0.5) is 0 Å². The first kappa shape index (κ1) is 20.3. The summed E-state index contributed by atoms with van der Waals surface area (Å²) in [5.41, 5.74) is -0.224. The SMILES string of the molecule is CC1CN(C(=O)Cn2cnc3sccc3c2=O)CCN1C(=O)c1cc(Cl)c(Cl)s1. The minimum Gasteiger partial charge on any atom is -0.337 e. The van der Waals surface area contributed by atoms with Gasteiger partial charge in [-0.3, -0.25) is 19.0 Å². The van der Waals surface area contributed by atoms with Gasteiger partial charge in [-0.15, -0.1) is 22.7 Å². The number of aromatic nitrogens is 2. The predicted octanol–water partition coefficient (Wildman–Crippen LogP) is 3.20. The number of nitrogens with zero attached hydrogens (tertiary/aromatic N) is 4. The van der Waals surface area contributed by atoms with Gasteiger partial charge in [-0.2, -0.15) is 0 Å². The molecule has 4 rings (SSSR count). The van der Waals surface area contributed by atoms with Gasteiger partial charge in [-0.05, 0) is 24.4 Å². The normalized spacial score (nSPS) is 17.1. The first-order chi connectivity index (χ1) is 13.8. The van der Waals surface area contributed by atoms with E-state index >= 15 is 0 Å². The second kappa shape index (κ2) is 8.06. The molecule has 1 saturated heterocycles. The summed E-state index contributed by atoms with van der Waals surface area (Å²) in [6.07, 6.45) is 1.41. The Labute approximate surface area is 184 Å². The molecule has 1 unspecified atom stereocenters. The number of amides is 2. The van der Waals surface area contributed by atoms with Crippen LogP contribution < -0.4 is 5.56 Å². The quantitative estimate of drug-likeness (QED) is 0.588. The lowest BCUT2D eigenvalue weighted by Crippen LogP contribution is -2.56. The molecule has 1 aliphatic heterocycles. The van der Waals surface area contributed by atoms with E-state index in [-0.39, 0.29) is 30.0 Å². The van der Waals surface area contributed by atoms with E-state index in [9.17, 15) is 14.4 Å². The molecule has 3 aromatic heterocycles. The molecule has 1 atom stereocenters. The van der Waals surface area contributed by atoms with Gasteiger partial charge in [0.2, 0.25) is 5.91 Å². The maximum absolute atomic E-state index is 12.7. The van der Waals surface area contributed by atoms with Crippen LogP contribution in [-0.4, -0.2) is 56.8 Å². The molecule has 3 aromatic rings. The van der Waals surface area contributed by atoms with Crippen molar-refractivity contribution in [2.75, 3.05) is 19.6 Å². The summed E-state index contributed by atoms with van der Waals surface area (Å²) in [4.78, 5) is 46.7. The van der Waals surface area contributed by atoms with Crippen LogP contribution in [0.1, 0.15) is 16.6 Å². The van der Waals surface area contributed by atoms with Gasteiger partial charge in [0.05, 0.1) is 21.6 Å². The Hall–Kier alpha value is -1.94. The molecule has 0 aromatic carbocycles. The first-order valence-electron chi connectivity index (χ1n) is 8.81. The summed E-state index contributed by atoms with van der Waals surface area (Å²) in [6.45, 7) is 2.99. The summed E-state index contributed by atoms with van der Waals surface area (Å²) >= 11 is 14.5. The predicted molar refractivity (Wildman–Crippen MR) is 115 cm³/mol. The zero-order valence-corrected chi connectivity index (χ0v) is 18.4. The zero-order chi connectivity index (χ0) is 20.7. The first-order valence-corrected chi connectivity index (χ1v) is 11.3. The van der Waals surface area contributed by atoms with Gasteiger partial charge in [-0.1, -0.05) is 23.2 Å². The van der Waals surface area contributed by atoms with Gasteiger partial charge in [0.15, 0.2) is 0 Å². The number of fused-ring (bicyclic) bond motifs is 1. The van der Waals surface area contributed by atoms with Gasteiger partial charge in [0.1, 0.15) is 15.7 Å². The third kappa shape index (κ3) is 3.92. The van der Waals surface area contributed by atoms with Crippen molar-refractivity contribution in [2.45, 2.75) is 19.5 Å². The third-order valence-electron chi connectivity index (χ3n) is 4.85. The molecule has 7 nitrogen and oxygen atoms in total. The topological polar surface area (TPSA) is 75.5 Å². The Balaban J connectivity index is 1.43. The molecular weight excluding hydrogens is 455 g/mol. The summed E-state index contributed by atoms with van der Waals surface area (Å²) in [7, 11) is 0. The Kier molecular flexibility index (Phi) is 5.65. The van der Waals surface area contributed by atoms with Gasteiger partial charge in [-0.25, -0.2) is 4.98 Å². The molecule has 0 N–H and O–H groups in total. The average molecular weight is 471 g/mol. The van der Waals surface area contributed by atoms with Crippen molar-refractivity contribution in [1.29, 1.82) is 0 Å². The third-order valence-corrected chi connectivity index (χ3v) is 7.53. The Morgan fingerprint density at radius 3 is 2.79 bits per heavy atom. The highest BCUT2D eigenvalue weighted by Crippen LogP contribution is 2.32. The van der Waals surface area contributed by atoms with Crippen LogP contribution in [0.25, 0.3) is 10.2 Å². The molecule has 1 fully saturated rings. The van der Waals surface area contributed by atoms with Crippen molar-refractivity contribution in [3.8, 4) is 0 Å². The lowest BCUT2D eigenvalue weighted by Gasteiger charge is -2.39. The van der Waals surface area contributed by atoms with Crippen LogP contribution >= 0.6 is 45.9 Å². The Bertz CT molecular complexity index is 1140. The van der Waals surface area contributed by atoms with Crippen LogP contribution in [0.5, 0.6) is 0 Å². The number of carbonyl (C=O) groups is 2. The fraction of sp³-hybridized carbons (Fsp3) is 0.333. The van der Waals surface area contributed by atoms with E-state index in [2.05, 4.69) is 4.98 Å². The molecule has 152 valence electrons. The van der Waals surface area contributed by atoms with E-state index in [1.54, 1.807) is 27.3 Å². The molecule has 0 saturated carbocycles. The number of carbonyl (C=O) groups excluding carboxylic acids is 2. The highest BCUT2D eigenvalue weighted by atomic mass is 35.5. The second-order valence-electron chi connectivity index (χ2n) is 6.74. The van der Waals surface area contributed by atoms with E-state index in [4.69, 9.17) is 23.2 Å². The smallest absolute Gasteiger partial charge is 0.264 e. The van der Waals surface area contributed by atoms with E-state index in [0.29, 0.717) is 44.1 Å². The highest BCUT2D eigenvalue weighted by molar-refractivity contribution is 7.18. The zero-order valence-electron chi connectivity index (χ0n) is 15.3. The van der Waals surface area contributed by atoms with Crippen LogP contribution in [0.15, 0.2) is 28.6 Å². The van der Waals surface area contributed by atoms with Crippen molar-refractivity contribution in [2.24, 2.45) is 0 Å². The van der Waals surface area contributed by atoms with E-state index in [0.717, 1.165) is 11.3 Å². The van der Waals surface area contributed by atoms with Crippen LogP contribution in [0.3, 0.4) is 0 Å². The van der Waals surface area contributed by atoms with E-state index in [1.165, 1.54) is 22.2 Å². The van der Waals surface area contributed by atoms with Crippen LogP contribution in [-0.2, 0) is 11.3 Å².